The summed E-state index contributed by atoms with van der Waals surface area (Å²) in [6.45, 7) is 6.09. The lowest BCUT2D eigenvalue weighted by atomic mass is 10.1. The van der Waals surface area contributed by atoms with E-state index in [0.717, 1.165) is 16.9 Å². The van der Waals surface area contributed by atoms with Crippen molar-refractivity contribution in [2.45, 2.75) is 27.2 Å². The third kappa shape index (κ3) is 2.94. The summed E-state index contributed by atoms with van der Waals surface area (Å²) in [5.41, 5.74) is 4.41. The number of fused-ring (bicyclic) bond motifs is 1. The first-order chi connectivity index (χ1) is 13.0. The molecule has 0 amide bonds. The van der Waals surface area contributed by atoms with Crippen LogP contribution in [0.1, 0.15) is 23.9 Å². The molecule has 27 heavy (non-hydrogen) atoms. The van der Waals surface area contributed by atoms with E-state index >= 15 is 0 Å². The maximum absolute atomic E-state index is 13.3. The van der Waals surface area contributed by atoms with Gasteiger partial charge in [0.25, 0.3) is 5.56 Å². The normalized spacial score (nSPS) is 11.3. The Morgan fingerprint density at radius 2 is 1.70 bits per heavy atom. The van der Waals surface area contributed by atoms with Crippen molar-refractivity contribution in [2.75, 3.05) is 0 Å². The van der Waals surface area contributed by atoms with Crippen LogP contribution < -0.4 is 5.56 Å². The maximum atomic E-state index is 13.3. The molecule has 0 saturated carbocycles. The highest BCUT2D eigenvalue weighted by atomic mass is 35.5. The molecule has 0 aliphatic carbocycles. The number of halogens is 1. The van der Waals surface area contributed by atoms with Crippen LogP contribution in [0.3, 0.4) is 0 Å². The number of hydrogen-bond acceptors (Lipinski definition) is 3. The fourth-order valence-electron chi connectivity index (χ4n) is 3.15. The van der Waals surface area contributed by atoms with Gasteiger partial charge in [-0.05, 0) is 61.4 Å². The fraction of sp³-hybridized carbons (Fsp3) is 0.190. The molecule has 0 aliphatic rings. The molecule has 0 spiro atoms. The van der Waals surface area contributed by atoms with Crippen molar-refractivity contribution in [3.63, 3.8) is 0 Å². The Bertz CT molecular complexity index is 1210. The Balaban J connectivity index is 1.98. The average molecular weight is 379 g/mol. The van der Waals surface area contributed by atoms with Gasteiger partial charge in [0.05, 0.1) is 17.6 Å². The van der Waals surface area contributed by atoms with E-state index in [-0.39, 0.29) is 5.56 Å². The maximum Gasteiger partial charge on any atom is 0.269 e. The lowest BCUT2D eigenvalue weighted by Crippen LogP contribution is -2.23. The molecular formula is C21H19ClN4O. The predicted molar refractivity (Wildman–Crippen MR) is 108 cm³/mol. The quantitative estimate of drug-likeness (QED) is 0.530. The summed E-state index contributed by atoms with van der Waals surface area (Å²) in [6, 6.07) is 13.3. The van der Waals surface area contributed by atoms with Crippen LogP contribution >= 0.6 is 11.6 Å². The minimum atomic E-state index is -0.111. The molecule has 0 fully saturated rings. The Morgan fingerprint density at radius 1 is 1.00 bits per heavy atom. The van der Waals surface area contributed by atoms with Crippen LogP contribution in [0.25, 0.3) is 22.4 Å². The van der Waals surface area contributed by atoms with Gasteiger partial charge in [-0.25, -0.2) is 9.67 Å². The van der Waals surface area contributed by atoms with Crippen LogP contribution in [-0.2, 0) is 6.42 Å². The number of nitrogens with zero attached hydrogens (tertiary/aromatic N) is 4. The van der Waals surface area contributed by atoms with E-state index in [9.17, 15) is 4.79 Å². The van der Waals surface area contributed by atoms with E-state index in [1.54, 1.807) is 27.6 Å². The van der Waals surface area contributed by atoms with E-state index in [1.165, 1.54) is 5.56 Å². The molecule has 0 bridgehead atoms. The Labute approximate surface area is 161 Å². The van der Waals surface area contributed by atoms with Crippen molar-refractivity contribution in [1.82, 2.24) is 19.3 Å². The number of hydrogen-bond donors (Lipinski definition) is 0. The van der Waals surface area contributed by atoms with Crippen LogP contribution in [0.2, 0.25) is 5.02 Å². The molecule has 0 aliphatic heterocycles. The van der Waals surface area contributed by atoms with Crippen LogP contribution in [0.4, 0.5) is 0 Å². The van der Waals surface area contributed by atoms with E-state index in [2.05, 4.69) is 12.0 Å². The largest absolute Gasteiger partial charge is 0.269 e. The molecule has 4 aromatic rings. The first-order valence-electron chi connectivity index (χ1n) is 8.83. The van der Waals surface area contributed by atoms with Gasteiger partial charge >= 0.3 is 0 Å². The molecule has 136 valence electrons. The zero-order valence-corrected chi connectivity index (χ0v) is 16.2. The highest BCUT2D eigenvalue weighted by Gasteiger charge is 2.16. The molecule has 0 N–H and O–H groups in total. The van der Waals surface area contributed by atoms with Crippen LogP contribution in [-0.4, -0.2) is 19.3 Å². The summed E-state index contributed by atoms with van der Waals surface area (Å²) in [4.78, 5) is 18.0. The molecule has 5 nitrogen and oxygen atoms in total. The van der Waals surface area contributed by atoms with Gasteiger partial charge in [0.1, 0.15) is 11.2 Å². The third-order valence-corrected chi connectivity index (χ3v) is 5.06. The summed E-state index contributed by atoms with van der Waals surface area (Å²) < 4.78 is 3.36. The van der Waals surface area contributed by atoms with Gasteiger partial charge in [0, 0.05) is 11.4 Å². The van der Waals surface area contributed by atoms with E-state index in [1.807, 2.05) is 44.2 Å². The summed E-state index contributed by atoms with van der Waals surface area (Å²) in [7, 11) is 0. The molecule has 0 atom stereocenters. The van der Waals surface area contributed by atoms with Gasteiger partial charge in [-0.2, -0.15) is 5.10 Å². The van der Waals surface area contributed by atoms with E-state index in [0.29, 0.717) is 28.3 Å². The van der Waals surface area contributed by atoms with Gasteiger partial charge in [0.15, 0.2) is 5.65 Å². The second-order valence-corrected chi connectivity index (χ2v) is 7.00. The standard InChI is InChI=1S/C21H19ClN4O/c1-4-19-24-20-18(12-23-26(20)16-9-6-15(22)7-10-16)21(27)25(19)17-8-5-13(2)14(3)11-17/h5-12H,4H2,1-3H3. The van der Waals surface area contributed by atoms with Gasteiger partial charge in [-0.3, -0.25) is 9.36 Å². The number of aryl methyl sites for hydroxylation is 3. The van der Waals surface area contributed by atoms with Gasteiger partial charge < -0.3 is 0 Å². The van der Waals surface area contributed by atoms with Crippen molar-refractivity contribution in [3.8, 4) is 11.4 Å². The second kappa shape index (κ2) is 6.67. The van der Waals surface area contributed by atoms with Crippen LogP contribution in [0, 0.1) is 13.8 Å². The monoisotopic (exact) mass is 378 g/mol. The smallest absolute Gasteiger partial charge is 0.268 e. The number of benzene rings is 2. The first-order valence-corrected chi connectivity index (χ1v) is 9.20. The number of aromatic nitrogens is 4. The average Bonchev–Trinajstić information content (AvgIpc) is 3.09. The van der Waals surface area contributed by atoms with E-state index < -0.39 is 0 Å². The van der Waals surface area contributed by atoms with Gasteiger partial charge in [-0.15, -0.1) is 0 Å². The van der Waals surface area contributed by atoms with Crippen LogP contribution in [0.15, 0.2) is 53.5 Å². The molecular weight excluding hydrogens is 360 g/mol. The Kier molecular flexibility index (Phi) is 4.32. The van der Waals surface area contributed by atoms with Gasteiger partial charge in [0.2, 0.25) is 0 Å². The first kappa shape index (κ1) is 17.5. The Morgan fingerprint density at radius 3 is 2.37 bits per heavy atom. The van der Waals surface area contributed by atoms with Crippen LogP contribution in [0.5, 0.6) is 0 Å². The third-order valence-electron chi connectivity index (χ3n) is 4.81. The van der Waals surface area contributed by atoms with Crippen molar-refractivity contribution < 1.29 is 0 Å². The highest BCUT2D eigenvalue weighted by molar-refractivity contribution is 6.30. The summed E-state index contributed by atoms with van der Waals surface area (Å²) in [5.74, 6) is 0.700. The molecule has 4 rings (SSSR count). The number of rotatable bonds is 3. The summed E-state index contributed by atoms with van der Waals surface area (Å²) >= 11 is 5.98. The minimum Gasteiger partial charge on any atom is -0.268 e. The minimum absolute atomic E-state index is 0.111. The lowest BCUT2D eigenvalue weighted by molar-refractivity contribution is 0.816. The van der Waals surface area contributed by atoms with E-state index in [4.69, 9.17) is 16.6 Å². The van der Waals surface area contributed by atoms with Crippen molar-refractivity contribution in [2.24, 2.45) is 0 Å². The molecule has 2 heterocycles. The molecule has 0 radical (unpaired) electrons. The van der Waals surface area contributed by atoms with Crippen molar-refractivity contribution >= 4 is 22.6 Å². The molecule has 6 heteroatoms. The molecule has 2 aromatic heterocycles. The fourth-order valence-corrected chi connectivity index (χ4v) is 3.28. The zero-order valence-electron chi connectivity index (χ0n) is 15.4. The van der Waals surface area contributed by atoms with Crippen molar-refractivity contribution in [3.05, 3.63) is 81.0 Å². The zero-order chi connectivity index (χ0) is 19.1. The van der Waals surface area contributed by atoms with Gasteiger partial charge in [-0.1, -0.05) is 24.6 Å². The summed E-state index contributed by atoms with van der Waals surface area (Å²) in [6.07, 6.45) is 2.21. The SMILES string of the molecule is CCc1nc2c(cnn2-c2ccc(Cl)cc2)c(=O)n1-c1ccc(C)c(C)c1. The lowest BCUT2D eigenvalue weighted by Gasteiger charge is -2.13. The summed E-state index contributed by atoms with van der Waals surface area (Å²) in [5, 5.41) is 5.53. The second-order valence-electron chi connectivity index (χ2n) is 6.56. The highest BCUT2D eigenvalue weighted by Crippen LogP contribution is 2.20. The van der Waals surface area contributed by atoms with Crippen molar-refractivity contribution in [1.29, 1.82) is 0 Å². The molecule has 0 saturated heterocycles. The molecule has 2 aromatic carbocycles. The predicted octanol–water partition coefficient (Wildman–Crippen LogP) is 4.40. The Hall–Kier alpha value is -2.92. The topological polar surface area (TPSA) is 52.7 Å². The molecule has 0 unspecified atom stereocenters.